The molecule has 0 fully saturated rings. The van der Waals surface area contributed by atoms with Crippen molar-refractivity contribution in [1.29, 1.82) is 0 Å². The van der Waals surface area contributed by atoms with Crippen LogP contribution in [0, 0.1) is 6.92 Å². The van der Waals surface area contributed by atoms with Gasteiger partial charge in [0.25, 0.3) is 10.1 Å². The summed E-state index contributed by atoms with van der Waals surface area (Å²) in [6, 6.07) is 3.67. The van der Waals surface area contributed by atoms with Gasteiger partial charge in [-0.05, 0) is 37.6 Å². The number of carboxylic acid groups (broad SMARTS) is 1. The molecule has 1 aromatic carbocycles. The smallest absolute Gasteiger partial charge is 0.550 e. The standard InChI is InChI=1S/C11H16N2O5S.Na/c1-7-5-9(19(16,17)18)3-4-10(7)13-12-8(2)6-11(14)15;/h3-5,8,12-13H,6H2,1-2H3,(H,14,15)(H,16,17,18);/q;+1/p-1. The van der Waals surface area contributed by atoms with Crippen LogP contribution < -0.4 is 45.5 Å². The number of carbonyl (C=O) groups is 1. The van der Waals surface area contributed by atoms with E-state index in [-0.39, 0.29) is 46.9 Å². The van der Waals surface area contributed by atoms with Crippen molar-refractivity contribution in [2.45, 2.75) is 31.2 Å². The van der Waals surface area contributed by atoms with E-state index in [4.69, 9.17) is 4.55 Å². The molecule has 0 radical (unpaired) electrons. The Morgan fingerprint density at radius 2 is 2.05 bits per heavy atom. The summed E-state index contributed by atoms with van der Waals surface area (Å²) < 4.78 is 30.7. The average molecular weight is 310 g/mol. The summed E-state index contributed by atoms with van der Waals surface area (Å²) in [5.74, 6) is -1.17. The predicted molar refractivity (Wildman–Crippen MR) is 66.8 cm³/mol. The largest absolute Gasteiger partial charge is 1.00 e. The quantitative estimate of drug-likeness (QED) is 0.286. The zero-order valence-electron chi connectivity index (χ0n) is 11.5. The fraction of sp³-hybridized carbons (Fsp3) is 0.364. The average Bonchev–Trinajstić information content (AvgIpc) is 2.25. The summed E-state index contributed by atoms with van der Waals surface area (Å²) in [6.07, 6.45) is -0.158. The van der Waals surface area contributed by atoms with E-state index < -0.39 is 16.1 Å². The van der Waals surface area contributed by atoms with Crippen LogP contribution in [0.25, 0.3) is 0 Å². The van der Waals surface area contributed by atoms with Gasteiger partial charge in [-0.3, -0.25) is 4.55 Å². The van der Waals surface area contributed by atoms with E-state index >= 15 is 0 Å². The molecular formula is C11H15N2NaO5S. The van der Waals surface area contributed by atoms with Crippen LogP contribution in [0.4, 0.5) is 5.69 Å². The zero-order valence-corrected chi connectivity index (χ0v) is 14.3. The third-order valence-corrected chi connectivity index (χ3v) is 3.27. The maximum atomic E-state index is 10.9. The van der Waals surface area contributed by atoms with Crippen molar-refractivity contribution in [2.75, 3.05) is 5.43 Å². The van der Waals surface area contributed by atoms with Gasteiger partial charge in [-0.1, -0.05) is 0 Å². The first-order chi connectivity index (χ1) is 8.70. The van der Waals surface area contributed by atoms with Gasteiger partial charge in [0.1, 0.15) is 0 Å². The van der Waals surface area contributed by atoms with E-state index in [1.807, 2.05) is 0 Å². The monoisotopic (exact) mass is 310 g/mol. The molecule has 0 bridgehead atoms. The minimum absolute atomic E-state index is 0. The van der Waals surface area contributed by atoms with E-state index in [0.717, 1.165) is 0 Å². The van der Waals surface area contributed by atoms with Crippen LogP contribution in [0.3, 0.4) is 0 Å². The van der Waals surface area contributed by atoms with Gasteiger partial charge in [0, 0.05) is 18.4 Å². The van der Waals surface area contributed by atoms with Crippen molar-refractivity contribution >= 4 is 21.8 Å². The Morgan fingerprint density at radius 1 is 1.45 bits per heavy atom. The summed E-state index contributed by atoms with van der Waals surface area (Å²) >= 11 is 0. The molecule has 9 heteroatoms. The summed E-state index contributed by atoms with van der Waals surface area (Å²) in [6.45, 7) is 3.31. The van der Waals surface area contributed by atoms with Crippen LogP contribution in [0.15, 0.2) is 23.1 Å². The van der Waals surface area contributed by atoms with E-state index in [1.54, 1.807) is 13.8 Å². The van der Waals surface area contributed by atoms with Crippen molar-refractivity contribution in [3.05, 3.63) is 23.8 Å². The first-order valence-corrected chi connectivity index (χ1v) is 6.93. The second kappa shape index (κ2) is 7.96. The van der Waals surface area contributed by atoms with Gasteiger partial charge in [-0.25, -0.2) is 5.43 Å². The fourth-order valence-corrected chi connectivity index (χ4v) is 2.00. The number of anilines is 1. The van der Waals surface area contributed by atoms with Crippen molar-refractivity contribution in [3.8, 4) is 0 Å². The number of hydrogen-bond donors (Lipinski definition) is 3. The van der Waals surface area contributed by atoms with Crippen molar-refractivity contribution < 1.29 is 52.4 Å². The molecule has 1 unspecified atom stereocenters. The van der Waals surface area contributed by atoms with Gasteiger partial charge < -0.3 is 15.3 Å². The zero-order chi connectivity index (χ0) is 14.6. The Balaban J connectivity index is 0.00000361. The SMILES string of the molecule is Cc1cc(S(=O)(=O)O)ccc1NNC(C)CC(=O)[O-].[Na+]. The molecule has 1 rings (SSSR count). The molecule has 0 saturated heterocycles. The number of hydrazine groups is 1. The molecule has 0 spiro atoms. The maximum absolute atomic E-state index is 10.9. The number of aryl methyl sites for hydroxylation is 1. The first-order valence-electron chi connectivity index (χ1n) is 5.49. The van der Waals surface area contributed by atoms with Crippen LogP contribution >= 0.6 is 0 Å². The first kappa shape index (κ1) is 19.4. The van der Waals surface area contributed by atoms with Crippen molar-refractivity contribution in [3.63, 3.8) is 0 Å². The number of rotatable bonds is 6. The Hall–Kier alpha value is -0.640. The number of benzene rings is 1. The van der Waals surface area contributed by atoms with Crippen molar-refractivity contribution in [1.82, 2.24) is 5.43 Å². The molecule has 106 valence electrons. The molecule has 3 N–H and O–H groups in total. The van der Waals surface area contributed by atoms with Crippen LogP contribution in [-0.4, -0.2) is 25.0 Å². The summed E-state index contributed by atoms with van der Waals surface area (Å²) in [5, 5.41) is 10.4. The minimum Gasteiger partial charge on any atom is -0.550 e. The number of nitrogens with one attached hydrogen (secondary N) is 2. The Labute approximate surface area is 139 Å². The Bertz CT molecular complexity index is 576. The molecule has 7 nitrogen and oxygen atoms in total. The van der Waals surface area contributed by atoms with Gasteiger partial charge in [-0.15, -0.1) is 0 Å². The summed E-state index contributed by atoms with van der Waals surface area (Å²) in [4.78, 5) is 10.2. The number of aliphatic carboxylic acids is 1. The molecule has 1 aromatic rings. The van der Waals surface area contributed by atoms with E-state index in [9.17, 15) is 18.3 Å². The number of carboxylic acids is 1. The molecule has 0 amide bonds. The Kier molecular flexibility index (Phi) is 7.71. The maximum Gasteiger partial charge on any atom is 1.00 e. The second-order valence-corrected chi connectivity index (χ2v) is 5.62. The van der Waals surface area contributed by atoms with Crippen molar-refractivity contribution in [2.24, 2.45) is 0 Å². The molecule has 0 aromatic heterocycles. The van der Waals surface area contributed by atoms with E-state index in [1.165, 1.54) is 18.2 Å². The van der Waals surface area contributed by atoms with Gasteiger partial charge >= 0.3 is 29.6 Å². The number of hydrogen-bond acceptors (Lipinski definition) is 6. The summed E-state index contributed by atoms with van der Waals surface area (Å²) in [5.41, 5.74) is 6.69. The van der Waals surface area contributed by atoms with Crippen LogP contribution in [0.1, 0.15) is 18.9 Å². The molecule has 0 saturated carbocycles. The molecule has 0 aliphatic heterocycles. The third kappa shape index (κ3) is 6.21. The molecule has 0 heterocycles. The third-order valence-electron chi connectivity index (χ3n) is 2.42. The van der Waals surface area contributed by atoms with E-state index in [0.29, 0.717) is 11.3 Å². The fourth-order valence-electron chi connectivity index (χ4n) is 1.44. The second-order valence-electron chi connectivity index (χ2n) is 4.20. The predicted octanol–water partition coefficient (Wildman–Crippen LogP) is -3.31. The Morgan fingerprint density at radius 3 is 2.50 bits per heavy atom. The van der Waals surface area contributed by atoms with Crippen LogP contribution in [0.5, 0.6) is 0 Å². The molecular weight excluding hydrogens is 295 g/mol. The molecule has 1 atom stereocenters. The van der Waals surface area contributed by atoms with Crippen LogP contribution in [-0.2, 0) is 14.9 Å². The van der Waals surface area contributed by atoms with E-state index in [2.05, 4.69) is 10.9 Å². The normalized spacial score (nSPS) is 12.3. The topological polar surface area (TPSA) is 119 Å². The van der Waals surface area contributed by atoms with Crippen LogP contribution in [0.2, 0.25) is 0 Å². The molecule has 20 heavy (non-hydrogen) atoms. The van der Waals surface area contributed by atoms with Gasteiger partial charge in [-0.2, -0.15) is 8.42 Å². The molecule has 0 aliphatic rings. The molecule has 0 aliphatic carbocycles. The summed E-state index contributed by atoms with van der Waals surface area (Å²) in [7, 11) is -4.22. The minimum atomic E-state index is -4.22. The van der Waals surface area contributed by atoms with Gasteiger partial charge in [0.2, 0.25) is 0 Å². The van der Waals surface area contributed by atoms with Gasteiger partial charge in [0.05, 0.1) is 10.6 Å². The number of carbonyl (C=O) groups excluding carboxylic acids is 1. The van der Waals surface area contributed by atoms with Gasteiger partial charge in [0.15, 0.2) is 0 Å².